The molecule has 2 atom stereocenters. The van der Waals surface area contributed by atoms with Crippen LogP contribution in [0.3, 0.4) is 0 Å². The number of amides is 1. The minimum absolute atomic E-state index is 0.0638. The minimum Gasteiger partial charge on any atom is -0.486 e. The fourth-order valence-electron chi connectivity index (χ4n) is 5.78. The molecule has 2 aromatic carbocycles. The van der Waals surface area contributed by atoms with Crippen LogP contribution < -0.4 is 4.74 Å². The lowest BCUT2D eigenvalue weighted by Gasteiger charge is -2.39. The van der Waals surface area contributed by atoms with Crippen molar-refractivity contribution in [3.63, 3.8) is 0 Å². The Labute approximate surface area is 204 Å². The number of carbonyl (C=O) groups excluding carboxylic acids is 1. The van der Waals surface area contributed by atoms with E-state index >= 15 is 0 Å². The van der Waals surface area contributed by atoms with Gasteiger partial charge < -0.3 is 9.64 Å². The van der Waals surface area contributed by atoms with Gasteiger partial charge in [-0.25, -0.2) is 4.63 Å². The summed E-state index contributed by atoms with van der Waals surface area (Å²) in [5.41, 5.74) is 4.25. The van der Waals surface area contributed by atoms with Crippen LogP contribution in [0.4, 0.5) is 0 Å². The van der Waals surface area contributed by atoms with Crippen LogP contribution in [-0.2, 0) is 13.0 Å². The van der Waals surface area contributed by atoms with Gasteiger partial charge in [0.1, 0.15) is 23.7 Å². The van der Waals surface area contributed by atoms with Gasteiger partial charge in [-0.05, 0) is 74.8 Å². The zero-order valence-corrected chi connectivity index (χ0v) is 19.8. The molecular formula is C28H28N4O3. The SMILES string of the molecule is Cc1nonc1COc1ccccc1C(=O)N1[C@H]2CC[C@H]1CC(Cc1cnc3ccccc3c1)C2. The highest BCUT2D eigenvalue weighted by Crippen LogP contribution is 2.41. The van der Waals surface area contributed by atoms with Gasteiger partial charge in [-0.2, -0.15) is 0 Å². The number of aryl methyl sites for hydroxylation is 1. The van der Waals surface area contributed by atoms with Gasteiger partial charge in [-0.15, -0.1) is 0 Å². The lowest BCUT2D eigenvalue weighted by atomic mass is 9.85. The van der Waals surface area contributed by atoms with Crippen LogP contribution in [0.1, 0.15) is 53.0 Å². The fraction of sp³-hybridized carbons (Fsp3) is 0.357. The topological polar surface area (TPSA) is 81.3 Å². The number of para-hydroxylation sites is 2. The van der Waals surface area contributed by atoms with E-state index in [1.807, 2.05) is 43.5 Å². The molecule has 178 valence electrons. The number of carbonyl (C=O) groups is 1. The average molecular weight is 469 g/mol. The monoisotopic (exact) mass is 468 g/mol. The maximum atomic E-state index is 13.7. The van der Waals surface area contributed by atoms with Crippen molar-refractivity contribution in [2.75, 3.05) is 0 Å². The average Bonchev–Trinajstić information content (AvgIpc) is 3.41. The van der Waals surface area contributed by atoms with E-state index in [0.717, 1.165) is 37.6 Å². The highest BCUT2D eigenvalue weighted by molar-refractivity contribution is 5.97. The van der Waals surface area contributed by atoms with Crippen LogP contribution in [0.15, 0.2) is 65.4 Å². The molecular weight excluding hydrogens is 440 g/mol. The first-order valence-corrected chi connectivity index (χ1v) is 12.3. The first-order chi connectivity index (χ1) is 17.2. The van der Waals surface area contributed by atoms with E-state index in [0.29, 0.717) is 28.6 Å². The number of benzene rings is 2. The van der Waals surface area contributed by atoms with Crippen molar-refractivity contribution in [3.05, 3.63) is 83.3 Å². The summed E-state index contributed by atoms with van der Waals surface area (Å²) in [7, 11) is 0. The Kier molecular flexibility index (Phi) is 5.68. The van der Waals surface area contributed by atoms with Gasteiger partial charge in [-0.3, -0.25) is 9.78 Å². The Morgan fingerprint density at radius 1 is 1.06 bits per heavy atom. The van der Waals surface area contributed by atoms with Gasteiger partial charge in [0.05, 0.1) is 11.1 Å². The van der Waals surface area contributed by atoms with Gasteiger partial charge >= 0.3 is 0 Å². The van der Waals surface area contributed by atoms with Crippen molar-refractivity contribution in [2.24, 2.45) is 5.92 Å². The number of nitrogens with zero attached hydrogens (tertiary/aromatic N) is 4. The standard InChI is InChI=1S/C28H28N4O3/c1-18-26(31-35-30-18)17-34-27-9-5-3-7-24(27)28(33)32-22-10-11-23(32)15-19(14-22)12-20-13-21-6-2-4-8-25(21)29-16-20/h2-9,13,16,19,22-23H,10-12,14-15,17H2,1H3/t22-,23-/m0/s1. The molecule has 0 spiro atoms. The molecule has 0 N–H and O–H groups in total. The van der Waals surface area contributed by atoms with E-state index in [-0.39, 0.29) is 24.6 Å². The number of aromatic nitrogens is 3. The first kappa shape index (κ1) is 21.8. The summed E-state index contributed by atoms with van der Waals surface area (Å²) in [5.74, 6) is 1.20. The smallest absolute Gasteiger partial charge is 0.258 e. The van der Waals surface area contributed by atoms with E-state index in [1.54, 1.807) is 0 Å². The van der Waals surface area contributed by atoms with Crippen LogP contribution in [-0.4, -0.2) is 38.2 Å². The predicted octanol–water partition coefficient (Wildman–Crippen LogP) is 5.13. The summed E-state index contributed by atoms with van der Waals surface area (Å²) in [6.45, 7) is 2.04. The number of ether oxygens (including phenoxy) is 1. The van der Waals surface area contributed by atoms with Crippen molar-refractivity contribution in [1.82, 2.24) is 20.2 Å². The Balaban J connectivity index is 1.16. The predicted molar refractivity (Wildman–Crippen MR) is 131 cm³/mol. The number of hydrogen-bond donors (Lipinski definition) is 0. The Morgan fingerprint density at radius 2 is 1.83 bits per heavy atom. The highest BCUT2D eigenvalue weighted by Gasteiger charge is 2.43. The van der Waals surface area contributed by atoms with Crippen molar-refractivity contribution in [1.29, 1.82) is 0 Å². The van der Waals surface area contributed by atoms with Crippen LogP contribution in [0.5, 0.6) is 5.75 Å². The lowest BCUT2D eigenvalue weighted by Crippen LogP contribution is -2.47. The number of rotatable bonds is 6. The maximum absolute atomic E-state index is 13.7. The summed E-state index contributed by atoms with van der Waals surface area (Å²) in [4.78, 5) is 20.5. The summed E-state index contributed by atoms with van der Waals surface area (Å²) in [6.07, 6.45) is 7.22. The normalized spacial score (nSPS) is 21.4. The van der Waals surface area contributed by atoms with Crippen LogP contribution in [0.25, 0.3) is 10.9 Å². The molecule has 6 rings (SSSR count). The van der Waals surface area contributed by atoms with Crippen molar-refractivity contribution >= 4 is 16.8 Å². The summed E-state index contributed by atoms with van der Waals surface area (Å²) in [6, 6.07) is 18.5. The number of fused-ring (bicyclic) bond motifs is 3. The molecule has 2 aliphatic heterocycles. The van der Waals surface area contributed by atoms with E-state index in [2.05, 4.69) is 44.5 Å². The Hall–Kier alpha value is -3.74. The second kappa shape index (κ2) is 9.13. The largest absolute Gasteiger partial charge is 0.486 e. The highest BCUT2D eigenvalue weighted by atomic mass is 16.6. The van der Waals surface area contributed by atoms with E-state index in [9.17, 15) is 4.79 Å². The summed E-state index contributed by atoms with van der Waals surface area (Å²) < 4.78 is 10.7. The molecule has 7 heteroatoms. The molecule has 2 bridgehead atoms. The van der Waals surface area contributed by atoms with E-state index < -0.39 is 0 Å². The van der Waals surface area contributed by atoms with Gasteiger partial charge in [0.15, 0.2) is 0 Å². The van der Waals surface area contributed by atoms with Gasteiger partial charge in [0.25, 0.3) is 5.91 Å². The molecule has 0 unspecified atom stereocenters. The van der Waals surface area contributed by atoms with Crippen molar-refractivity contribution < 1.29 is 14.2 Å². The van der Waals surface area contributed by atoms with E-state index in [4.69, 9.17) is 9.37 Å². The van der Waals surface area contributed by atoms with Crippen LogP contribution >= 0.6 is 0 Å². The third kappa shape index (κ3) is 4.27. The van der Waals surface area contributed by atoms with Crippen LogP contribution in [0, 0.1) is 12.8 Å². The number of pyridine rings is 1. The molecule has 2 aromatic heterocycles. The molecule has 0 radical (unpaired) electrons. The van der Waals surface area contributed by atoms with Crippen molar-refractivity contribution in [2.45, 2.75) is 57.7 Å². The zero-order chi connectivity index (χ0) is 23.8. The molecule has 4 heterocycles. The third-order valence-corrected chi connectivity index (χ3v) is 7.46. The second-order valence-electron chi connectivity index (χ2n) is 9.76. The lowest BCUT2D eigenvalue weighted by molar-refractivity contribution is 0.0520. The van der Waals surface area contributed by atoms with Gasteiger partial charge in [-0.1, -0.05) is 40.6 Å². The molecule has 2 aliphatic rings. The number of piperidine rings is 1. The maximum Gasteiger partial charge on any atom is 0.258 e. The van der Waals surface area contributed by atoms with Gasteiger partial charge in [0, 0.05) is 23.7 Å². The van der Waals surface area contributed by atoms with Crippen LogP contribution in [0.2, 0.25) is 0 Å². The molecule has 0 aliphatic carbocycles. The Bertz CT molecular complexity index is 1350. The minimum atomic E-state index is 0.0638. The Morgan fingerprint density at radius 3 is 2.63 bits per heavy atom. The molecule has 2 saturated heterocycles. The first-order valence-electron chi connectivity index (χ1n) is 12.3. The van der Waals surface area contributed by atoms with Gasteiger partial charge in [0.2, 0.25) is 0 Å². The molecule has 7 nitrogen and oxygen atoms in total. The molecule has 2 fully saturated rings. The molecule has 1 amide bonds. The molecule has 0 saturated carbocycles. The molecule has 4 aromatic rings. The zero-order valence-electron chi connectivity index (χ0n) is 19.8. The molecule has 35 heavy (non-hydrogen) atoms. The fourth-order valence-corrected chi connectivity index (χ4v) is 5.78. The second-order valence-corrected chi connectivity index (χ2v) is 9.76. The summed E-state index contributed by atoms with van der Waals surface area (Å²) >= 11 is 0. The quantitative estimate of drug-likeness (QED) is 0.390. The number of hydrogen-bond acceptors (Lipinski definition) is 6. The van der Waals surface area contributed by atoms with E-state index in [1.165, 1.54) is 10.9 Å². The summed E-state index contributed by atoms with van der Waals surface area (Å²) in [5, 5.41) is 8.86. The third-order valence-electron chi connectivity index (χ3n) is 7.46. The van der Waals surface area contributed by atoms with Crippen molar-refractivity contribution in [3.8, 4) is 5.75 Å².